The Balaban J connectivity index is 0.00000243. The van der Waals surface area contributed by atoms with Crippen molar-refractivity contribution in [3.63, 3.8) is 0 Å². The molecule has 26 heavy (non-hydrogen) atoms. The van der Waals surface area contributed by atoms with Crippen molar-refractivity contribution >= 4 is 29.9 Å². The molecule has 0 atom stereocenters. The van der Waals surface area contributed by atoms with E-state index in [0.29, 0.717) is 5.96 Å². The minimum Gasteiger partial charge on any atom is -0.379 e. The summed E-state index contributed by atoms with van der Waals surface area (Å²) in [6, 6.07) is 0. The molecule has 3 N–H and O–H groups in total. The molecule has 0 aliphatic carbocycles. The summed E-state index contributed by atoms with van der Waals surface area (Å²) >= 11 is 0. The Morgan fingerprint density at radius 3 is 2.85 bits per heavy atom. The molecular weight excluding hydrogens is 445 g/mol. The van der Waals surface area contributed by atoms with Crippen molar-refractivity contribution in [3.8, 4) is 0 Å². The van der Waals surface area contributed by atoms with Gasteiger partial charge in [-0.1, -0.05) is 6.42 Å². The van der Waals surface area contributed by atoms with E-state index in [2.05, 4.69) is 30.0 Å². The van der Waals surface area contributed by atoms with E-state index in [-0.39, 0.29) is 24.0 Å². The van der Waals surface area contributed by atoms with Crippen LogP contribution in [0, 0.1) is 0 Å². The minimum atomic E-state index is 0. The second-order valence-electron chi connectivity index (χ2n) is 6.75. The highest BCUT2D eigenvalue weighted by atomic mass is 127. The van der Waals surface area contributed by atoms with Gasteiger partial charge >= 0.3 is 0 Å². The van der Waals surface area contributed by atoms with E-state index >= 15 is 0 Å². The summed E-state index contributed by atoms with van der Waals surface area (Å²) < 4.78 is 7.63. The Hall–Kier alpha value is -0.940. The normalized spacial score (nSPS) is 18.7. The predicted octanol–water partition coefficient (Wildman–Crippen LogP) is 0.792. The third kappa shape index (κ3) is 6.66. The molecule has 3 rings (SSSR count). The van der Waals surface area contributed by atoms with Gasteiger partial charge in [-0.15, -0.1) is 34.2 Å². The van der Waals surface area contributed by atoms with Crippen molar-refractivity contribution in [2.75, 3.05) is 45.9 Å². The van der Waals surface area contributed by atoms with Crippen LogP contribution in [0.1, 0.15) is 37.3 Å². The number of nitrogens with zero attached hydrogens (tertiary/aromatic N) is 5. The number of nitrogens with one attached hydrogen (secondary N) is 1. The van der Waals surface area contributed by atoms with Gasteiger partial charge in [-0.2, -0.15) is 0 Å². The zero-order valence-electron chi connectivity index (χ0n) is 15.5. The standard InChI is InChI=1S/C17H31N7O.HI/c18-17(19-7-4-9-23-11-13-25-14-12-23)20-8-6-16-22-21-15-5-2-1-3-10-24(15)16;/h1-14H2,(H3,18,19,20);1H. The topological polar surface area (TPSA) is 93.6 Å². The van der Waals surface area contributed by atoms with Crippen LogP contribution in [0.2, 0.25) is 0 Å². The largest absolute Gasteiger partial charge is 0.379 e. The smallest absolute Gasteiger partial charge is 0.188 e. The number of morpholine rings is 1. The van der Waals surface area contributed by atoms with Crippen molar-refractivity contribution in [3.05, 3.63) is 11.6 Å². The van der Waals surface area contributed by atoms with Crippen LogP contribution in [-0.2, 0) is 24.1 Å². The molecular formula is C17H32IN7O. The number of aryl methyl sites for hydroxylation is 1. The first-order valence-corrected chi connectivity index (χ1v) is 9.58. The van der Waals surface area contributed by atoms with Gasteiger partial charge in [-0.3, -0.25) is 9.89 Å². The molecule has 0 aromatic carbocycles. The fourth-order valence-corrected chi connectivity index (χ4v) is 3.41. The average Bonchev–Trinajstić information content (AvgIpc) is 2.87. The van der Waals surface area contributed by atoms with Gasteiger partial charge < -0.3 is 20.4 Å². The van der Waals surface area contributed by atoms with Gasteiger partial charge in [0.2, 0.25) is 0 Å². The van der Waals surface area contributed by atoms with Crippen LogP contribution in [0.3, 0.4) is 0 Å². The molecule has 3 heterocycles. The lowest BCUT2D eigenvalue weighted by Crippen LogP contribution is -2.37. The lowest BCUT2D eigenvalue weighted by atomic mass is 10.2. The van der Waals surface area contributed by atoms with Gasteiger partial charge in [0.05, 0.1) is 13.2 Å². The highest BCUT2D eigenvalue weighted by Gasteiger charge is 2.14. The van der Waals surface area contributed by atoms with Crippen molar-refractivity contribution < 1.29 is 4.74 Å². The van der Waals surface area contributed by atoms with Gasteiger partial charge in [0.25, 0.3) is 0 Å². The van der Waals surface area contributed by atoms with Crippen LogP contribution in [0.15, 0.2) is 4.99 Å². The first kappa shape index (κ1) is 21.4. The Kier molecular flexibility index (Phi) is 9.62. The molecule has 148 valence electrons. The van der Waals surface area contributed by atoms with Gasteiger partial charge in [0, 0.05) is 52.1 Å². The molecule has 1 aromatic heterocycles. The maximum atomic E-state index is 5.96. The highest BCUT2D eigenvalue weighted by Crippen LogP contribution is 2.14. The van der Waals surface area contributed by atoms with E-state index in [1.165, 1.54) is 19.3 Å². The molecule has 0 spiro atoms. The number of halogens is 1. The number of guanidine groups is 1. The summed E-state index contributed by atoms with van der Waals surface area (Å²) in [5.74, 6) is 2.72. The summed E-state index contributed by atoms with van der Waals surface area (Å²) in [5.41, 5.74) is 5.96. The van der Waals surface area contributed by atoms with Gasteiger partial charge in [-0.05, 0) is 19.3 Å². The molecule has 2 aliphatic heterocycles. The maximum Gasteiger partial charge on any atom is 0.188 e. The Labute approximate surface area is 173 Å². The lowest BCUT2D eigenvalue weighted by Gasteiger charge is -2.26. The minimum absolute atomic E-state index is 0. The van der Waals surface area contributed by atoms with Gasteiger partial charge in [0.15, 0.2) is 5.96 Å². The van der Waals surface area contributed by atoms with Crippen molar-refractivity contribution in [1.82, 2.24) is 25.0 Å². The fourth-order valence-electron chi connectivity index (χ4n) is 3.41. The van der Waals surface area contributed by atoms with E-state index in [1.807, 2.05) is 0 Å². The van der Waals surface area contributed by atoms with Crippen LogP contribution >= 0.6 is 24.0 Å². The maximum absolute atomic E-state index is 5.96. The fraction of sp³-hybridized carbons (Fsp3) is 0.824. The van der Waals surface area contributed by atoms with Gasteiger partial charge in [0.1, 0.15) is 11.6 Å². The average molecular weight is 477 g/mol. The summed E-state index contributed by atoms with van der Waals surface area (Å²) in [7, 11) is 0. The highest BCUT2D eigenvalue weighted by molar-refractivity contribution is 14.0. The third-order valence-electron chi connectivity index (χ3n) is 4.86. The molecule has 0 bridgehead atoms. The Morgan fingerprint density at radius 1 is 1.15 bits per heavy atom. The second kappa shape index (κ2) is 11.7. The SMILES string of the molecule is I.NC(=NCCCN1CCOCC1)NCCc1nnc2n1CCCCC2. The number of fused-ring (bicyclic) bond motifs is 1. The quantitative estimate of drug-likeness (QED) is 0.261. The first-order valence-electron chi connectivity index (χ1n) is 9.58. The molecule has 9 heteroatoms. The monoisotopic (exact) mass is 477 g/mol. The van der Waals surface area contributed by atoms with Gasteiger partial charge in [-0.25, -0.2) is 0 Å². The van der Waals surface area contributed by atoms with Crippen LogP contribution in [0.5, 0.6) is 0 Å². The molecule has 0 unspecified atom stereocenters. The summed E-state index contributed by atoms with van der Waals surface area (Å²) in [6.07, 6.45) is 6.63. The number of hydrogen-bond acceptors (Lipinski definition) is 5. The summed E-state index contributed by atoms with van der Waals surface area (Å²) in [4.78, 5) is 6.83. The number of ether oxygens (including phenoxy) is 1. The number of nitrogens with two attached hydrogens (primary N) is 1. The van der Waals surface area contributed by atoms with E-state index in [4.69, 9.17) is 10.5 Å². The molecule has 1 saturated heterocycles. The predicted molar refractivity (Wildman–Crippen MR) is 113 cm³/mol. The number of aromatic nitrogens is 3. The van der Waals surface area contributed by atoms with Crippen LogP contribution in [-0.4, -0.2) is 71.6 Å². The van der Waals surface area contributed by atoms with E-state index < -0.39 is 0 Å². The molecule has 2 aliphatic rings. The van der Waals surface area contributed by atoms with E-state index in [0.717, 1.165) is 83.4 Å². The molecule has 1 fully saturated rings. The summed E-state index contributed by atoms with van der Waals surface area (Å²) in [5, 5.41) is 11.9. The van der Waals surface area contributed by atoms with Crippen LogP contribution in [0.4, 0.5) is 0 Å². The molecule has 0 radical (unpaired) electrons. The summed E-state index contributed by atoms with van der Waals surface area (Å²) in [6.45, 7) is 7.36. The van der Waals surface area contributed by atoms with Crippen LogP contribution < -0.4 is 11.1 Å². The number of hydrogen-bond donors (Lipinski definition) is 2. The third-order valence-corrected chi connectivity index (χ3v) is 4.86. The molecule has 0 saturated carbocycles. The second-order valence-corrected chi connectivity index (χ2v) is 6.75. The Bertz CT molecular complexity index is 557. The molecule has 0 amide bonds. The zero-order valence-corrected chi connectivity index (χ0v) is 17.9. The Morgan fingerprint density at radius 2 is 2.00 bits per heavy atom. The zero-order chi connectivity index (χ0) is 17.3. The van der Waals surface area contributed by atoms with Crippen molar-refractivity contribution in [1.29, 1.82) is 0 Å². The van der Waals surface area contributed by atoms with E-state index in [9.17, 15) is 0 Å². The van der Waals surface area contributed by atoms with E-state index in [1.54, 1.807) is 0 Å². The molecule has 1 aromatic rings. The van der Waals surface area contributed by atoms with Crippen molar-refractivity contribution in [2.45, 2.75) is 45.1 Å². The lowest BCUT2D eigenvalue weighted by molar-refractivity contribution is 0.0377. The van der Waals surface area contributed by atoms with Crippen molar-refractivity contribution in [2.24, 2.45) is 10.7 Å². The van der Waals surface area contributed by atoms with Crippen LogP contribution in [0.25, 0.3) is 0 Å². The molecule has 8 nitrogen and oxygen atoms in total. The first-order chi connectivity index (χ1) is 12.3. The number of rotatable bonds is 7. The number of aliphatic imine (C=N–C) groups is 1.